The summed E-state index contributed by atoms with van der Waals surface area (Å²) in [6, 6.07) is 0. The van der Waals surface area contributed by atoms with Crippen molar-refractivity contribution in [2.24, 2.45) is 0 Å². The van der Waals surface area contributed by atoms with Crippen molar-refractivity contribution >= 4 is 19.7 Å². The lowest BCUT2D eigenvalue weighted by molar-refractivity contribution is -0.147. The molecule has 0 aromatic heterocycles. The third-order valence-corrected chi connectivity index (χ3v) is 11.5. The number of esters is 1. The Morgan fingerprint density at radius 3 is 1.32 bits per heavy atom. The molecule has 0 radical (unpaired) electrons. The molecule has 10 heteroatoms. The summed E-state index contributed by atoms with van der Waals surface area (Å²) < 4.78 is 27.0. The number of nitrogens with one attached hydrogen (secondary N) is 1. The van der Waals surface area contributed by atoms with Crippen molar-refractivity contribution in [2.45, 2.75) is 213 Å². The molecule has 0 saturated carbocycles. The van der Waals surface area contributed by atoms with Crippen LogP contribution in [0.3, 0.4) is 0 Å². The summed E-state index contributed by atoms with van der Waals surface area (Å²) in [6.07, 6.45) is 66.2. The number of carbonyl (C=O) groups excluding carboxylic acids is 2. The summed E-state index contributed by atoms with van der Waals surface area (Å²) in [4.78, 5) is 34.1. The van der Waals surface area contributed by atoms with Crippen molar-refractivity contribution in [1.29, 1.82) is 0 Å². The molecule has 1 amide bonds. The van der Waals surface area contributed by atoms with Gasteiger partial charge >= 0.3 is 13.8 Å². The Kier molecular flexibility index (Phi) is 48.0. The minimum atomic E-state index is -4.44. The van der Waals surface area contributed by atoms with Gasteiger partial charge in [0.1, 0.15) is 12.7 Å². The average Bonchev–Trinajstić information content (AvgIpc) is 3.29. The molecule has 9 nitrogen and oxygen atoms in total. The standard InChI is InChI=1S/C55H94NO8P/c1-3-5-7-9-11-13-15-17-19-21-23-25-26-28-30-32-34-36-38-40-42-44-46-48-55(59)62-51-53(57)52-64-65(60,61)63-50-49-56-54(58)47-45-43-41-39-37-35-33-31-29-27-24-22-20-18-16-14-12-10-8-6-4-2/h5,7,11-14,17-20,23-25,27-28,30,53,57H,3-4,6,8-10,15-16,21-22,26,29,31-52H2,1-2H3,(H,56,58)(H,60,61)/b7-5-,13-11-,14-12-,19-17-,20-18-,25-23-,27-24-,30-28-. The highest BCUT2D eigenvalue weighted by atomic mass is 31.2. The van der Waals surface area contributed by atoms with E-state index in [4.69, 9.17) is 13.8 Å². The van der Waals surface area contributed by atoms with Gasteiger partial charge in [-0.25, -0.2) is 4.57 Å². The second kappa shape index (κ2) is 50.3. The molecule has 0 aromatic rings. The van der Waals surface area contributed by atoms with E-state index in [-0.39, 0.29) is 32.1 Å². The van der Waals surface area contributed by atoms with Gasteiger partial charge in [-0.2, -0.15) is 0 Å². The Balaban J connectivity index is 3.62. The van der Waals surface area contributed by atoms with Crippen LogP contribution in [0.1, 0.15) is 206 Å². The lowest BCUT2D eigenvalue weighted by Crippen LogP contribution is -2.27. The predicted octanol–water partition coefficient (Wildman–Crippen LogP) is 15.3. The van der Waals surface area contributed by atoms with Gasteiger partial charge in [0.25, 0.3) is 0 Å². The van der Waals surface area contributed by atoms with E-state index in [2.05, 4.69) is 116 Å². The van der Waals surface area contributed by atoms with Gasteiger partial charge in [-0.3, -0.25) is 18.6 Å². The molecule has 0 aliphatic heterocycles. The van der Waals surface area contributed by atoms with Crippen LogP contribution in [0.25, 0.3) is 0 Å². The topological polar surface area (TPSA) is 131 Å². The molecule has 3 N–H and O–H groups in total. The van der Waals surface area contributed by atoms with Crippen LogP contribution < -0.4 is 5.32 Å². The Labute approximate surface area is 397 Å². The monoisotopic (exact) mass is 928 g/mol. The lowest BCUT2D eigenvalue weighted by atomic mass is 10.1. The van der Waals surface area contributed by atoms with Crippen LogP contribution in [0.2, 0.25) is 0 Å². The highest BCUT2D eigenvalue weighted by Crippen LogP contribution is 2.42. The molecule has 0 aliphatic rings. The van der Waals surface area contributed by atoms with Crippen LogP contribution in [-0.2, 0) is 27.9 Å². The number of aliphatic hydroxyl groups is 1. The summed E-state index contributed by atoms with van der Waals surface area (Å²) in [7, 11) is -4.44. The van der Waals surface area contributed by atoms with Crippen molar-refractivity contribution in [3.63, 3.8) is 0 Å². The van der Waals surface area contributed by atoms with Gasteiger partial charge in [-0.15, -0.1) is 0 Å². The molecular weight excluding hydrogens is 834 g/mol. The fourth-order valence-corrected chi connectivity index (χ4v) is 7.41. The van der Waals surface area contributed by atoms with E-state index >= 15 is 0 Å². The van der Waals surface area contributed by atoms with E-state index in [9.17, 15) is 24.2 Å². The number of phosphoric acid groups is 1. The number of unbranched alkanes of at least 4 members (excludes halogenated alkanes) is 18. The SMILES string of the molecule is CC/C=C\C/C=C\C/C=C\C/C=C\C/C=C\CCCCCCCCCC(=O)OCC(O)COP(=O)(O)OCCNC(=O)CCCCCCCCCC/C=C\C/C=C\C/C=C\CCCCC. The van der Waals surface area contributed by atoms with E-state index in [0.29, 0.717) is 6.42 Å². The average molecular weight is 928 g/mol. The van der Waals surface area contributed by atoms with E-state index in [1.54, 1.807) is 0 Å². The summed E-state index contributed by atoms with van der Waals surface area (Å²) in [5.41, 5.74) is 0. The van der Waals surface area contributed by atoms with Gasteiger partial charge in [-0.1, -0.05) is 195 Å². The first-order valence-corrected chi connectivity index (χ1v) is 27.2. The first-order chi connectivity index (χ1) is 31.8. The number of hydrogen-bond donors (Lipinski definition) is 3. The second-order valence-electron chi connectivity index (χ2n) is 16.8. The molecule has 2 atom stereocenters. The number of rotatable bonds is 47. The van der Waals surface area contributed by atoms with E-state index < -0.39 is 26.5 Å². The second-order valence-corrected chi connectivity index (χ2v) is 18.2. The number of allylic oxidation sites excluding steroid dienone is 16. The van der Waals surface area contributed by atoms with Gasteiger partial charge in [0.05, 0.1) is 13.2 Å². The Morgan fingerprint density at radius 2 is 0.877 bits per heavy atom. The van der Waals surface area contributed by atoms with Crippen molar-refractivity contribution in [2.75, 3.05) is 26.4 Å². The minimum absolute atomic E-state index is 0.0709. The molecule has 0 spiro atoms. The normalized spacial score (nSPS) is 14.0. The van der Waals surface area contributed by atoms with Gasteiger partial charge in [0, 0.05) is 19.4 Å². The summed E-state index contributed by atoms with van der Waals surface area (Å²) in [5, 5.41) is 12.8. The highest BCUT2D eigenvalue weighted by Gasteiger charge is 2.23. The number of hydrogen-bond acceptors (Lipinski definition) is 7. The fourth-order valence-electron chi connectivity index (χ4n) is 6.65. The summed E-state index contributed by atoms with van der Waals surface area (Å²) in [6.45, 7) is 3.39. The quantitative estimate of drug-likeness (QED) is 0.0238. The van der Waals surface area contributed by atoms with Gasteiger partial charge < -0.3 is 20.1 Å². The van der Waals surface area contributed by atoms with Crippen molar-refractivity contribution < 1.29 is 37.9 Å². The number of ether oxygens (including phenoxy) is 1. The molecule has 2 unspecified atom stereocenters. The Morgan fingerprint density at radius 1 is 0.492 bits per heavy atom. The van der Waals surface area contributed by atoms with Crippen molar-refractivity contribution in [3.05, 3.63) is 97.2 Å². The van der Waals surface area contributed by atoms with Crippen molar-refractivity contribution in [1.82, 2.24) is 5.32 Å². The van der Waals surface area contributed by atoms with Gasteiger partial charge in [0.2, 0.25) is 5.91 Å². The van der Waals surface area contributed by atoms with E-state index in [1.807, 2.05) is 0 Å². The first-order valence-electron chi connectivity index (χ1n) is 25.7. The minimum Gasteiger partial charge on any atom is -0.463 e. The highest BCUT2D eigenvalue weighted by molar-refractivity contribution is 7.47. The maximum Gasteiger partial charge on any atom is 0.472 e. The maximum absolute atomic E-state index is 12.2. The fraction of sp³-hybridized carbons (Fsp3) is 0.673. The molecule has 0 heterocycles. The third kappa shape index (κ3) is 51.8. The smallest absolute Gasteiger partial charge is 0.463 e. The van der Waals surface area contributed by atoms with Crippen LogP contribution in [-0.4, -0.2) is 54.3 Å². The van der Waals surface area contributed by atoms with E-state index in [1.165, 1.54) is 77.0 Å². The van der Waals surface area contributed by atoms with Crippen molar-refractivity contribution in [3.8, 4) is 0 Å². The van der Waals surface area contributed by atoms with Gasteiger partial charge in [-0.05, 0) is 96.3 Å². The number of amides is 1. The summed E-state index contributed by atoms with van der Waals surface area (Å²) >= 11 is 0. The zero-order chi connectivity index (χ0) is 47.4. The molecule has 0 aromatic carbocycles. The molecule has 0 fully saturated rings. The molecule has 0 saturated heterocycles. The van der Waals surface area contributed by atoms with Crippen LogP contribution in [0, 0.1) is 0 Å². The van der Waals surface area contributed by atoms with Crippen LogP contribution >= 0.6 is 7.82 Å². The van der Waals surface area contributed by atoms with E-state index in [0.717, 1.165) is 103 Å². The zero-order valence-electron chi connectivity index (χ0n) is 41.1. The largest absolute Gasteiger partial charge is 0.472 e. The maximum atomic E-state index is 12.2. The predicted molar refractivity (Wildman–Crippen MR) is 275 cm³/mol. The molecule has 0 bridgehead atoms. The van der Waals surface area contributed by atoms with Crippen LogP contribution in [0.4, 0.5) is 0 Å². The van der Waals surface area contributed by atoms with Gasteiger partial charge in [0.15, 0.2) is 0 Å². The van der Waals surface area contributed by atoms with Crippen LogP contribution in [0.15, 0.2) is 97.2 Å². The molecule has 65 heavy (non-hydrogen) atoms. The number of aliphatic hydroxyl groups excluding tert-OH is 1. The molecular formula is C55H94NO8P. The lowest BCUT2D eigenvalue weighted by Gasteiger charge is -2.15. The molecule has 372 valence electrons. The summed E-state index contributed by atoms with van der Waals surface area (Å²) in [5.74, 6) is -0.539. The first kappa shape index (κ1) is 61.9. The van der Waals surface area contributed by atoms with Crippen LogP contribution in [0.5, 0.6) is 0 Å². The zero-order valence-corrected chi connectivity index (χ0v) is 42.0. The molecule has 0 aliphatic carbocycles. The Bertz CT molecular complexity index is 1380. The Hall–Kier alpha value is -3.07. The number of phosphoric ester groups is 1. The third-order valence-electron chi connectivity index (χ3n) is 10.5. The molecule has 0 rings (SSSR count). The number of carbonyl (C=O) groups is 2.